The Morgan fingerprint density at radius 2 is 2.03 bits per heavy atom. The Labute approximate surface area is 195 Å². The normalized spacial score (nSPS) is 29.0. The van der Waals surface area contributed by atoms with Crippen LogP contribution in [0.25, 0.3) is 0 Å². The number of hydrogen-bond donors (Lipinski definition) is 0. The second-order valence-corrected chi connectivity index (χ2v) is 14.2. The molecule has 2 heterocycles. The van der Waals surface area contributed by atoms with E-state index in [4.69, 9.17) is 30.3 Å². The molecule has 2 atom stereocenters. The molecule has 174 valence electrons. The van der Waals surface area contributed by atoms with E-state index in [1.807, 2.05) is 64.7 Å². The molecule has 0 spiro atoms. The standard InChI is InChI=1S/C21H33N2O5PS2/c1-14(2)23(29(30)27-15(3)12-21(6,7)28-29)31-22(8)19(24)26-18-17-16(10-9-11-25-17)13-20(18,4)5/h9-11,14-15H,12-13H2,1-8H3. The maximum Gasteiger partial charge on any atom is 0.425 e. The Bertz CT molecular complexity index is 881. The molecule has 1 saturated heterocycles. The van der Waals surface area contributed by atoms with E-state index in [9.17, 15) is 4.79 Å². The molecule has 3 rings (SSSR count). The van der Waals surface area contributed by atoms with E-state index in [1.165, 1.54) is 16.4 Å². The first-order chi connectivity index (χ1) is 14.2. The van der Waals surface area contributed by atoms with Gasteiger partial charge in [0.05, 0.1) is 30.1 Å². The summed E-state index contributed by atoms with van der Waals surface area (Å²) in [5, 5.41) is 0. The smallest absolute Gasteiger partial charge is 0.425 e. The van der Waals surface area contributed by atoms with Crippen molar-refractivity contribution in [3.05, 3.63) is 35.5 Å². The first-order valence-electron chi connectivity index (χ1n) is 10.4. The van der Waals surface area contributed by atoms with Crippen LogP contribution in [0.2, 0.25) is 0 Å². The van der Waals surface area contributed by atoms with Crippen molar-refractivity contribution in [2.45, 2.75) is 79.1 Å². The summed E-state index contributed by atoms with van der Waals surface area (Å²) in [5.41, 5.74) is 0.299. The van der Waals surface area contributed by atoms with Crippen LogP contribution in [0, 0.1) is 5.41 Å². The lowest BCUT2D eigenvalue weighted by molar-refractivity contribution is -0.00667. The number of fused-ring (bicyclic) bond motifs is 1. The van der Waals surface area contributed by atoms with Crippen molar-refractivity contribution in [1.29, 1.82) is 0 Å². The van der Waals surface area contributed by atoms with Gasteiger partial charge in [-0.15, -0.1) is 0 Å². The molecule has 0 aromatic rings. The van der Waals surface area contributed by atoms with Crippen LogP contribution in [0.5, 0.6) is 0 Å². The van der Waals surface area contributed by atoms with Gasteiger partial charge in [-0.25, -0.2) is 9.10 Å². The summed E-state index contributed by atoms with van der Waals surface area (Å²) < 4.78 is 27.2. The van der Waals surface area contributed by atoms with E-state index in [-0.39, 0.29) is 17.6 Å². The summed E-state index contributed by atoms with van der Waals surface area (Å²) in [7, 11) is 1.66. The number of amides is 1. The zero-order valence-corrected chi connectivity index (χ0v) is 22.0. The summed E-state index contributed by atoms with van der Waals surface area (Å²) >= 11 is 7.06. The molecule has 1 amide bonds. The fourth-order valence-corrected chi connectivity index (χ4v) is 9.28. The third-order valence-electron chi connectivity index (χ3n) is 5.10. The molecule has 0 aromatic carbocycles. The molecule has 0 bridgehead atoms. The van der Waals surface area contributed by atoms with Crippen molar-refractivity contribution in [3.63, 3.8) is 0 Å². The number of carbonyl (C=O) groups excluding carboxylic acids is 1. The van der Waals surface area contributed by atoms with E-state index in [1.54, 1.807) is 13.3 Å². The number of rotatable bonds is 5. The molecule has 0 radical (unpaired) electrons. The van der Waals surface area contributed by atoms with Crippen molar-refractivity contribution in [3.8, 4) is 0 Å². The molecule has 1 aliphatic carbocycles. The van der Waals surface area contributed by atoms with Crippen LogP contribution in [0.1, 0.15) is 61.3 Å². The maximum atomic E-state index is 13.0. The lowest BCUT2D eigenvalue weighted by atomic mass is 9.90. The highest BCUT2D eigenvalue weighted by molar-refractivity contribution is 8.15. The van der Waals surface area contributed by atoms with Gasteiger partial charge < -0.3 is 18.5 Å². The summed E-state index contributed by atoms with van der Waals surface area (Å²) in [6.07, 6.45) is 6.42. The van der Waals surface area contributed by atoms with Gasteiger partial charge in [0.25, 0.3) is 6.64 Å². The molecular weight excluding hydrogens is 455 g/mol. The van der Waals surface area contributed by atoms with Gasteiger partial charge >= 0.3 is 6.09 Å². The quantitative estimate of drug-likeness (QED) is 0.332. The van der Waals surface area contributed by atoms with Crippen molar-refractivity contribution in [2.24, 2.45) is 5.41 Å². The van der Waals surface area contributed by atoms with Crippen LogP contribution in [-0.2, 0) is 30.3 Å². The Morgan fingerprint density at radius 1 is 1.35 bits per heavy atom. The van der Waals surface area contributed by atoms with Crippen LogP contribution in [-0.4, -0.2) is 39.3 Å². The Kier molecular flexibility index (Phi) is 7.07. The predicted octanol–water partition coefficient (Wildman–Crippen LogP) is 6.27. The third-order valence-corrected chi connectivity index (χ3v) is 10.6. The van der Waals surface area contributed by atoms with Gasteiger partial charge in [-0.2, -0.15) is 4.08 Å². The third kappa shape index (κ3) is 5.40. The molecule has 10 heteroatoms. The second kappa shape index (κ2) is 8.84. The Hall–Kier alpha value is -0.830. The van der Waals surface area contributed by atoms with E-state index >= 15 is 0 Å². The minimum absolute atomic E-state index is 0.0153. The van der Waals surface area contributed by atoms with Crippen LogP contribution < -0.4 is 0 Å². The van der Waals surface area contributed by atoms with Crippen molar-refractivity contribution in [2.75, 3.05) is 7.05 Å². The van der Waals surface area contributed by atoms with Crippen LogP contribution in [0.15, 0.2) is 35.5 Å². The number of allylic oxidation sites excluding steroid dienone is 4. The fraction of sp³-hybridized carbons (Fsp3) is 0.667. The van der Waals surface area contributed by atoms with E-state index in [0.717, 1.165) is 18.4 Å². The monoisotopic (exact) mass is 488 g/mol. The molecular formula is C21H33N2O5PS2. The first kappa shape index (κ1) is 24.8. The Balaban J connectivity index is 1.77. The zero-order chi connectivity index (χ0) is 23.2. The predicted molar refractivity (Wildman–Crippen MR) is 127 cm³/mol. The van der Waals surface area contributed by atoms with Crippen molar-refractivity contribution < 1.29 is 23.3 Å². The zero-order valence-electron chi connectivity index (χ0n) is 19.5. The van der Waals surface area contributed by atoms with Gasteiger partial charge in [-0.1, -0.05) is 19.9 Å². The van der Waals surface area contributed by atoms with Crippen LogP contribution in [0.3, 0.4) is 0 Å². The fourth-order valence-electron chi connectivity index (χ4n) is 3.95. The number of ether oxygens (including phenoxy) is 2. The maximum absolute atomic E-state index is 13.0. The van der Waals surface area contributed by atoms with Gasteiger partial charge in [-0.05, 0) is 64.5 Å². The van der Waals surface area contributed by atoms with Gasteiger partial charge in [0.2, 0.25) is 0 Å². The van der Waals surface area contributed by atoms with Gasteiger partial charge in [0.1, 0.15) is 0 Å². The summed E-state index contributed by atoms with van der Waals surface area (Å²) in [5.74, 6) is 1.17. The van der Waals surface area contributed by atoms with Gasteiger partial charge in [0, 0.05) is 24.9 Å². The molecule has 7 nitrogen and oxygen atoms in total. The number of carbonyl (C=O) groups is 1. The molecule has 1 fully saturated rings. The lowest BCUT2D eigenvalue weighted by Gasteiger charge is -2.46. The van der Waals surface area contributed by atoms with E-state index in [0.29, 0.717) is 11.5 Å². The topological polar surface area (TPSA) is 60.5 Å². The highest BCUT2D eigenvalue weighted by Crippen LogP contribution is 2.63. The second-order valence-electron chi connectivity index (χ2n) is 9.64. The van der Waals surface area contributed by atoms with E-state index < -0.39 is 18.3 Å². The number of nitrogens with zero attached hydrogens (tertiary/aromatic N) is 2. The lowest BCUT2D eigenvalue weighted by Crippen LogP contribution is -2.40. The average Bonchev–Trinajstić information content (AvgIpc) is 2.86. The Morgan fingerprint density at radius 3 is 2.65 bits per heavy atom. The molecule has 2 aliphatic heterocycles. The summed E-state index contributed by atoms with van der Waals surface area (Å²) in [6, 6.07) is -0.0153. The summed E-state index contributed by atoms with van der Waals surface area (Å²) in [4.78, 5) is 13.0. The van der Waals surface area contributed by atoms with Crippen LogP contribution in [0.4, 0.5) is 4.79 Å². The minimum atomic E-state index is -2.81. The SMILES string of the molecule is CC1CC(C)(C)OP(=S)(N(SN(C)C(=O)OC2=C3OC=CC=C3CC2(C)C)C(C)C)O1. The minimum Gasteiger partial charge on any atom is -0.461 e. The molecule has 0 N–H and O–H groups in total. The molecule has 0 aromatic heterocycles. The molecule has 31 heavy (non-hydrogen) atoms. The largest absolute Gasteiger partial charge is 0.461 e. The molecule has 0 saturated carbocycles. The molecule has 2 unspecified atom stereocenters. The van der Waals surface area contributed by atoms with Gasteiger partial charge in [-0.3, -0.25) is 0 Å². The molecule has 3 aliphatic rings. The first-order valence-corrected chi connectivity index (χ1v) is 13.8. The summed E-state index contributed by atoms with van der Waals surface area (Å²) in [6.45, 7) is 11.3. The average molecular weight is 489 g/mol. The van der Waals surface area contributed by atoms with Crippen molar-refractivity contribution >= 4 is 36.7 Å². The highest BCUT2D eigenvalue weighted by atomic mass is 32.5. The number of hydrogen-bond acceptors (Lipinski definition) is 7. The van der Waals surface area contributed by atoms with Crippen molar-refractivity contribution in [1.82, 2.24) is 8.38 Å². The highest BCUT2D eigenvalue weighted by Gasteiger charge is 2.45. The van der Waals surface area contributed by atoms with E-state index in [2.05, 4.69) is 0 Å². The van der Waals surface area contributed by atoms with Crippen LogP contribution >= 0.6 is 18.8 Å². The van der Waals surface area contributed by atoms with Gasteiger partial charge in [0.15, 0.2) is 11.5 Å².